The number of amides is 16. The van der Waals surface area contributed by atoms with Crippen molar-refractivity contribution in [2.75, 3.05) is 58.9 Å². The van der Waals surface area contributed by atoms with Crippen LogP contribution in [-0.2, 0) is 83.1 Å². The Morgan fingerprint density at radius 3 is 0.627 bits per heavy atom. The van der Waals surface area contributed by atoms with Gasteiger partial charge in [-0.05, 0) is 171 Å². The van der Waals surface area contributed by atoms with Gasteiger partial charge in [-0.25, -0.2) is 0 Å². The molecule has 150 heavy (non-hydrogen) atoms. The Morgan fingerprint density at radius 2 is 0.413 bits per heavy atom. The summed E-state index contributed by atoms with van der Waals surface area (Å²) >= 11 is 0. The molecule has 0 aliphatic heterocycles. The van der Waals surface area contributed by atoms with E-state index in [9.17, 15) is 38.4 Å². The molecule has 0 radical (unpaired) electrons. The fraction of sp³-hybridized carbons (Fsp3) is 0.659. The summed E-state index contributed by atoms with van der Waals surface area (Å²) in [4.78, 5) is 232. The topological polar surface area (TPSA) is 1040 Å². The second-order valence-electron chi connectivity index (χ2n) is 37.8. The van der Waals surface area contributed by atoms with E-state index in [-0.39, 0.29) is 224 Å². The van der Waals surface area contributed by atoms with Crippen molar-refractivity contribution in [2.45, 2.75) is 301 Å². The molecule has 0 fully saturated rings. The summed E-state index contributed by atoms with van der Waals surface area (Å²) in [6.45, 7) is 16.3. The Labute approximate surface area is 874 Å². The average molecular weight is 2120 g/mol. The van der Waals surface area contributed by atoms with E-state index >= 15 is 38.4 Å². The number of carbonyl (C=O) groups excluding carboxylic acids is 16. The summed E-state index contributed by atoms with van der Waals surface area (Å²) in [5.74, 6) is -19.8. The van der Waals surface area contributed by atoms with Crippen LogP contribution in [-0.4, -0.2) is 298 Å². The molecule has 0 saturated carbocycles. The third-order valence-corrected chi connectivity index (χ3v) is 22.6. The minimum absolute atomic E-state index is 0.00384. The lowest BCUT2D eigenvalue weighted by Crippen LogP contribution is -2.61. The fourth-order valence-electron chi connectivity index (χ4n) is 15.1. The van der Waals surface area contributed by atoms with Crippen LogP contribution < -0.4 is 185 Å². The van der Waals surface area contributed by atoms with E-state index in [1.54, 1.807) is 71.9 Å². The van der Waals surface area contributed by atoms with Crippen LogP contribution >= 0.6 is 0 Å². The van der Waals surface area contributed by atoms with Crippen molar-refractivity contribution in [3.05, 3.63) is 35.9 Å². The smallest absolute Gasteiger partial charge is 0.243 e. The number of rotatable bonds is 75. The first-order valence-electron chi connectivity index (χ1n) is 50.1. The van der Waals surface area contributed by atoms with E-state index in [2.05, 4.69) is 128 Å². The van der Waals surface area contributed by atoms with Crippen molar-refractivity contribution < 1.29 is 76.7 Å². The molecule has 844 valence electrons. The van der Waals surface area contributed by atoms with Crippen LogP contribution in [0.15, 0.2) is 30.3 Å². The number of hydrogen-bond acceptors (Lipinski definition) is 25. The van der Waals surface area contributed by atoms with Gasteiger partial charge in [0.2, 0.25) is 94.5 Å². The van der Waals surface area contributed by atoms with Crippen molar-refractivity contribution in [1.29, 1.82) is 48.7 Å². The van der Waals surface area contributed by atoms with Crippen LogP contribution in [0, 0.1) is 72.4 Å². The summed E-state index contributed by atoms with van der Waals surface area (Å²) in [6, 6.07) is -13.6. The molecule has 0 aliphatic carbocycles. The van der Waals surface area contributed by atoms with Crippen LogP contribution in [0.25, 0.3) is 0 Å². The molecule has 0 bridgehead atoms. The number of nitrogens with two attached hydrogens (primary N) is 10. The van der Waals surface area contributed by atoms with Crippen LogP contribution in [0.5, 0.6) is 0 Å². The SMILES string of the molecule is CC(=O)N[C@@H](CC(C)C)C(=O)N[C@@H](C)C(=O)N[C@H](C(=O)N[C@@H](CC(C)C)C(=O)N[C@@H](Cc1ccccc1)C(=O)N[C@@H](CC(C)C)C(=O)N[C@@H](CCCNC(=N)N)C(=O)N[C@@H](CCCNC(=N)N)C(=O)N[C@@H](CCCNC(=N)N)C(=O)N[C@@H](CCCNC(=N)N)C(=O)N[C@@H](CCCNC(=N)N)C(=O)N[C@@H](CCCNC(=N)N)C(=O)N[C@@H](CCCNC(=N)N)C(=O)N[C@@H](CCCNC(=N)N)C(=O)N[C@@H](CCCNC(=N)N)C(N)=O)C(C)C. The van der Waals surface area contributed by atoms with Gasteiger partial charge in [0, 0.05) is 72.2 Å². The van der Waals surface area contributed by atoms with Gasteiger partial charge in [0.25, 0.3) is 0 Å². The number of guanidine groups is 9. The Balaban J connectivity index is 4.26. The standard InChI is InChI=1S/C91H169N43O16/c1-47(2)43-63(121-52(10)135)78(146)120-51(9)69(137)134-67(50(7)8)82(150)133-65(45-49(5)6)80(148)132-66(46-53-23-12-11-13-24-53)81(149)131-64(44-48(3)4)79(147)130-62(33-22-42-119-91(109)110)77(145)129-61(32-21-41-118-90(107)108)76(144)128-60(31-20-40-117-89(105)106)75(143)127-59(30-19-39-116-88(103)104)74(142)126-58(29-18-38-115-87(101)102)73(141)125-57(28-17-37-114-86(99)100)72(140)124-56(27-16-36-113-85(97)98)71(139)123-55(26-15-35-112-84(95)96)70(138)122-54(68(92)136)25-14-34-111-83(93)94/h11-13,23-24,47-51,54-67H,14-22,25-46H2,1-10H3,(H2,92,136)(H,120,146)(H,121,135)(H,122,138)(H,123,139)(H,124,140)(H,125,141)(H,126,142)(H,127,143)(H,128,144)(H,129,145)(H,130,147)(H,131,149)(H,132,148)(H,133,150)(H,134,137)(H4,93,94,111)(H4,95,96,112)(H4,97,98,113)(H4,99,100,114)(H4,101,102,115)(H4,103,104,116)(H4,105,106,117)(H4,107,108,118)(H4,109,110,119)/t51-,54-,55-,56-,57-,58-,59-,60-,61-,62-,63-,64-,65-,66-,67-/m0/s1. The first-order valence-corrected chi connectivity index (χ1v) is 50.1. The molecule has 59 heteroatoms. The Kier molecular flexibility index (Phi) is 63.9. The van der Waals surface area contributed by atoms with Crippen molar-refractivity contribution in [2.24, 2.45) is 81.0 Å². The summed E-state index contributed by atoms with van der Waals surface area (Å²) in [6.07, 6.45) is -2.24. The lowest BCUT2D eigenvalue weighted by atomic mass is 9.98. The van der Waals surface area contributed by atoms with E-state index in [1.165, 1.54) is 13.8 Å². The van der Waals surface area contributed by atoms with Crippen LogP contribution in [0.2, 0.25) is 0 Å². The van der Waals surface area contributed by atoms with Crippen LogP contribution in [0.1, 0.15) is 210 Å². The van der Waals surface area contributed by atoms with Gasteiger partial charge in [0.1, 0.15) is 90.6 Å². The zero-order chi connectivity index (χ0) is 113. The van der Waals surface area contributed by atoms with Crippen LogP contribution in [0.4, 0.5) is 0 Å². The van der Waals surface area contributed by atoms with Crippen molar-refractivity contribution >= 4 is 148 Å². The van der Waals surface area contributed by atoms with Gasteiger partial charge in [0.05, 0.1) is 0 Å². The molecule has 15 atom stereocenters. The molecule has 0 saturated heterocycles. The number of nitrogens with one attached hydrogen (secondary N) is 33. The number of hydrogen-bond donors (Lipinski definition) is 43. The summed E-state index contributed by atoms with van der Waals surface area (Å²) in [5.41, 5.74) is 56.6. The van der Waals surface area contributed by atoms with E-state index in [0.29, 0.717) is 5.56 Å². The molecule has 16 amide bonds. The molecule has 0 heterocycles. The molecule has 59 nitrogen and oxygen atoms in total. The molecule has 0 aliphatic rings. The van der Waals surface area contributed by atoms with Crippen molar-refractivity contribution in [1.82, 2.24) is 128 Å². The van der Waals surface area contributed by atoms with Gasteiger partial charge in [-0.2, -0.15) is 0 Å². The first kappa shape index (κ1) is 132. The quantitative estimate of drug-likeness (QED) is 0.0164. The largest absolute Gasteiger partial charge is 0.370 e. The van der Waals surface area contributed by atoms with Gasteiger partial charge >= 0.3 is 0 Å². The highest BCUT2D eigenvalue weighted by Gasteiger charge is 2.40. The summed E-state index contributed by atoms with van der Waals surface area (Å²) < 4.78 is 0. The predicted octanol–water partition coefficient (Wildman–Crippen LogP) is -9.81. The Morgan fingerprint density at radius 1 is 0.227 bits per heavy atom. The minimum atomic E-state index is -1.69. The molecule has 1 aromatic carbocycles. The second kappa shape index (κ2) is 72.5. The van der Waals surface area contributed by atoms with Crippen molar-refractivity contribution in [3.63, 3.8) is 0 Å². The third-order valence-electron chi connectivity index (χ3n) is 22.6. The van der Waals surface area contributed by atoms with Crippen molar-refractivity contribution in [3.8, 4) is 0 Å². The third kappa shape index (κ3) is 59.7. The average Bonchev–Trinajstić information content (AvgIpc) is 0.852. The highest BCUT2D eigenvalue weighted by Crippen LogP contribution is 2.17. The zero-order valence-corrected chi connectivity index (χ0v) is 87.6. The molecule has 53 N–H and O–H groups in total. The van der Waals surface area contributed by atoms with Gasteiger partial charge in [-0.1, -0.05) is 85.7 Å². The molecule has 0 spiro atoms. The van der Waals surface area contributed by atoms with Gasteiger partial charge in [-0.15, -0.1) is 0 Å². The highest BCUT2D eigenvalue weighted by atomic mass is 16.2. The molecule has 1 aromatic rings. The zero-order valence-electron chi connectivity index (χ0n) is 87.6. The molecular formula is C91H169N43O16. The monoisotopic (exact) mass is 2120 g/mol. The maximum absolute atomic E-state index is 15.3. The van der Waals surface area contributed by atoms with E-state index in [4.69, 9.17) is 106 Å². The number of carbonyl (C=O) groups is 16. The Bertz CT molecular complexity index is 4620. The Hall–Kier alpha value is -15.8. The second-order valence-corrected chi connectivity index (χ2v) is 37.8. The van der Waals surface area contributed by atoms with E-state index < -0.39 is 239 Å². The lowest BCUT2D eigenvalue weighted by molar-refractivity contribution is -0.136. The fourth-order valence-corrected chi connectivity index (χ4v) is 15.1. The maximum Gasteiger partial charge on any atom is 0.243 e. The number of benzene rings is 1. The minimum Gasteiger partial charge on any atom is -0.370 e. The molecular weight excluding hydrogens is 1950 g/mol. The molecule has 0 aromatic heterocycles. The highest BCUT2D eigenvalue weighted by molar-refractivity contribution is 6.01. The van der Waals surface area contributed by atoms with Crippen LogP contribution in [0.3, 0.4) is 0 Å². The summed E-state index contributed by atoms with van der Waals surface area (Å²) in [7, 11) is 0. The summed E-state index contributed by atoms with van der Waals surface area (Å²) in [5, 5.41) is 133. The lowest BCUT2D eigenvalue weighted by Gasteiger charge is -2.30. The molecule has 0 unspecified atom stereocenters. The predicted molar refractivity (Wildman–Crippen MR) is 565 cm³/mol. The van der Waals surface area contributed by atoms with Gasteiger partial charge < -0.3 is 185 Å². The van der Waals surface area contributed by atoms with E-state index in [0.717, 1.165) is 0 Å². The van der Waals surface area contributed by atoms with Gasteiger partial charge in [0.15, 0.2) is 53.6 Å². The number of primary amides is 1. The van der Waals surface area contributed by atoms with Gasteiger partial charge in [-0.3, -0.25) is 125 Å². The first-order chi connectivity index (χ1) is 70.5. The molecule has 1 rings (SSSR count). The maximum atomic E-state index is 15.3. The normalized spacial score (nSPS) is 13.9. The van der Waals surface area contributed by atoms with E-state index in [1.807, 2.05) is 13.8 Å².